The largest absolute Gasteiger partial charge is 0.393 e. The van der Waals surface area contributed by atoms with E-state index in [1.54, 1.807) is 0 Å². The van der Waals surface area contributed by atoms with Crippen LogP contribution in [0.2, 0.25) is 0 Å². The first-order chi connectivity index (χ1) is 14.0. The summed E-state index contributed by atoms with van der Waals surface area (Å²) in [5.41, 5.74) is -1.67. The zero-order chi connectivity index (χ0) is 21.7. The number of aliphatic hydroxyl groups excluding tert-OH is 2. The first kappa shape index (κ1) is 21.4. The molecule has 0 radical (unpaired) electrons. The molecule has 1 heterocycles. The van der Waals surface area contributed by atoms with Crippen molar-refractivity contribution >= 4 is 0 Å². The van der Waals surface area contributed by atoms with Gasteiger partial charge in [-0.25, -0.2) is 0 Å². The second kappa shape index (κ2) is 6.56. The smallest absolute Gasteiger partial charge is 0.117 e. The predicted octanol–water partition coefficient (Wildman–Crippen LogP) is 4.07. The number of fused-ring (bicyclic) bond motifs is 3. The molecule has 11 atom stereocenters. The van der Waals surface area contributed by atoms with Crippen LogP contribution in [0.1, 0.15) is 79.6 Å². The van der Waals surface area contributed by atoms with Crippen molar-refractivity contribution in [1.29, 1.82) is 0 Å². The Bertz CT molecular complexity index is 735. The first-order valence-electron chi connectivity index (χ1n) is 12.5. The fourth-order valence-electron chi connectivity index (χ4n) is 9.12. The topological polar surface area (TPSA) is 73.2 Å². The summed E-state index contributed by atoms with van der Waals surface area (Å²) in [5.74, 6) is 2.51. The summed E-state index contributed by atoms with van der Waals surface area (Å²) in [7, 11) is 0. The number of hydrogen-bond donors (Lipinski definition) is 3. The van der Waals surface area contributed by atoms with E-state index in [1.807, 2.05) is 0 Å². The van der Waals surface area contributed by atoms with Gasteiger partial charge in [0.1, 0.15) is 23.4 Å². The number of rotatable bonds is 3. The highest BCUT2D eigenvalue weighted by molar-refractivity contribution is 5.32. The van der Waals surface area contributed by atoms with Crippen LogP contribution in [0.4, 0.5) is 0 Å². The molecule has 0 bridgehead atoms. The van der Waals surface area contributed by atoms with Crippen LogP contribution in [0, 0.1) is 40.4 Å². The van der Waals surface area contributed by atoms with E-state index in [4.69, 9.17) is 4.74 Å². The number of epoxide rings is 1. The van der Waals surface area contributed by atoms with Gasteiger partial charge in [-0.2, -0.15) is 0 Å². The van der Waals surface area contributed by atoms with Gasteiger partial charge in [-0.1, -0.05) is 46.8 Å². The molecule has 4 nitrogen and oxygen atoms in total. The standard InChI is InChI=1S/C26H42O4/c1-15(2)6-7-16(3)18-8-9-19-23(18,4)12-11-20-24(5)13-10-17(27)14-25(24,29)21(28)22-26(19,20)30-22/h6-7,15-22,27-29H,8-14H2,1-5H3/b7-6+/t16-,17+,18-,19-,20-,21+,22-,23-,24-,25+,26+/m1/s1. The molecule has 4 saturated carbocycles. The van der Waals surface area contributed by atoms with E-state index in [-0.39, 0.29) is 34.9 Å². The molecule has 4 aliphatic carbocycles. The molecule has 0 aromatic carbocycles. The monoisotopic (exact) mass is 418 g/mol. The van der Waals surface area contributed by atoms with Gasteiger partial charge in [-0.05, 0) is 73.5 Å². The lowest BCUT2D eigenvalue weighted by Crippen LogP contribution is -2.72. The quantitative estimate of drug-likeness (QED) is 0.477. The fraction of sp³-hybridized carbons (Fsp3) is 0.923. The minimum atomic E-state index is -1.24. The molecule has 0 amide bonds. The van der Waals surface area contributed by atoms with E-state index in [1.165, 1.54) is 12.8 Å². The molecule has 1 aliphatic heterocycles. The minimum absolute atomic E-state index is 0.228. The van der Waals surface area contributed by atoms with Crippen LogP contribution in [0.5, 0.6) is 0 Å². The molecular formula is C26H42O4. The molecule has 1 saturated heterocycles. The van der Waals surface area contributed by atoms with E-state index in [2.05, 4.69) is 46.8 Å². The summed E-state index contributed by atoms with van der Waals surface area (Å²) in [6.07, 6.45) is 9.47. The zero-order valence-electron chi connectivity index (χ0n) is 19.5. The molecule has 30 heavy (non-hydrogen) atoms. The summed E-state index contributed by atoms with van der Waals surface area (Å²) in [6.45, 7) is 11.5. The molecule has 170 valence electrons. The normalized spacial score (nSPS) is 58.2. The van der Waals surface area contributed by atoms with Crippen molar-refractivity contribution in [2.45, 2.75) is 109 Å². The van der Waals surface area contributed by atoms with Crippen LogP contribution in [-0.2, 0) is 4.74 Å². The average molecular weight is 419 g/mol. The first-order valence-corrected chi connectivity index (χ1v) is 12.5. The second-order valence-corrected chi connectivity index (χ2v) is 12.4. The summed E-state index contributed by atoms with van der Waals surface area (Å²) >= 11 is 0. The molecule has 1 spiro atoms. The Kier molecular flexibility index (Phi) is 4.68. The molecule has 4 heteroatoms. The minimum Gasteiger partial charge on any atom is -0.393 e. The van der Waals surface area contributed by atoms with Gasteiger partial charge in [0.25, 0.3) is 0 Å². The Hall–Kier alpha value is -0.420. The van der Waals surface area contributed by atoms with Gasteiger partial charge in [-0.15, -0.1) is 0 Å². The maximum atomic E-state index is 11.7. The highest BCUT2D eigenvalue weighted by Gasteiger charge is 2.84. The maximum absolute atomic E-state index is 11.7. The van der Waals surface area contributed by atoms with Crippen LogP contribution < -0.4 is 0 Å². The summed E-state index contributed by atoms with van der Waals surface area (Å²) in [5, 5.41) is 33.3. The Morgan fingerprint density at radius 3 is 2.37 bits per heavy atom. The lowest BCUT2D eigenvalue weighted by atomic mass is 9.42. The van der Waals surface area contributed by atoms with Crippen LogP contribution in [0.15, 0.2) is 12.2 Å². The van der Waals surface area contributed by atoms with Crippen molar-refractivity contribution in [3.05, 3.63) is 12.2 Å². The highest BCUT2D eigenvalue weighted by Crippen LogP contribution is 2.76. The van der Waals surface area contributed by atoms with Crippen LogP contribution in [0.25, 0.3) is 0 Å². The molecule has 0 aromatic rings. The molecule has 5 rings (SSSR count). The van der Waals surface area contributed by atoms with Crippen LogP contribution >= 0.6 is 0 Å². The van der Waals surface area contributed by atoms with Gasteiger partial charge < -0.3 is 20.1 Å². The maximum Gasteiger partial charge on any atom is 0.117 e. The molecule has 0 aromatic heterocycles. The van der Waals surface area contributed by atoms with Gasteiger partial charge >= 0.3 is 0 Å². The van der Waals surface area contributed by atoms with Crippen molar-refractivity contribution in [3.63, 3.8) is 0 Å². The van der Waals surface area contributed by atoms with Crippen LogP contribution in [-0.4, -0.2) is 44.8 Å². The van der Waals surface area contributed by atoms with E-state index in [0.717, 1.165) is 19.3 Å². The van der Waals surface area contributed by atoms with Crippen molar-refractivity contribution in [1.82, 2.24) is 0 Å². The summed E-state index contributed by atoms with van der Waals surface area (Å²) < 4.78 is 6.53. The Morgan fingerprint density at radius 1 is 0.933 bits per heavy atom. The fourth-order valence-corrected chi connectivity index (χ4v) is 9.12. The molecular weight excluding hydrogens is 376 g/mol. The van der Waals surface area contributed by atoms with E-state index < -0.39 is 17.8 Å². The van der Waals surface area contributed by atoms with Crippen molar-refractivity contribution in [3.8, 4) is 0 Å². The predicted molar refractivity (Wildman–Crippen MR) is 117 cm³/mol. The molecule has 3 N–H and O–H groups in total. The van der Waals surface area contributed by atoms with Gasteiger partial charge in [0.2, 0.25) is 0 Å². The number of ether oxygens (including phenoxy) is 1. The molecule has 0 unspecified atom stereocenters. The number of allylic oxidation sites excluding steroid dienone is 2. The van der Waals surface area contributed by atoms with Crippen molar-refractivity contribution in [2.24, 2.45) is 40.4 Å². The average Bonchev–Trinajstić information content (AvgIpc) is 3.28. The van der Waals surface area contributed by atoms with E-state index in [9.17, 15) is 15.3 Å². The lowest BCUT2D eigenvalue weighted by molar-refractivity contribution is -0.246. The van der Waals surface area contributed by atoms with Gasteiger partial charge in [0.15, 0.2) is 0 Å². The van der Waals surface area contributed by atoms with E-state index in [0.29, 0.717) is 30.1 Å². The molecule has 5 fully saturated rings. The van der Waals surface area contributed by atoms with Crippen molar-refractivity contribution < 1.29 is 20.1 Å². The molecule has 5 aliphatic rings. The van der Waals surface area contributed by atoms with Gasteiger partial charge in [0.05, 0.1) is 6.10 Å². The van der Waals surface area contributed by atoms with Crippen molar-refractivity contribution in [2.75, 3.05) is 0 Å². The second-order valence-electron chi connectivity index (χ2n) is 12.4. The lowest BCUT2D eigenvalue weighted by Gasteiger charge is -2.63. The third-order valence-electron chi connectivity index (χ3n) is 10.7. The Balaban J connectivity index is 1.48. The third-order valence-corrected chi connectivity index (χ3v) is 10.7. The number of hydrogen-bond acceptors (Lipinski definition) is 4. The van der Waals surface area contributed by atoms with Gasteiger partial charge in [0, 0.05) is 11.8 Å². The summed E-state index contributed by atoms with van der Waals surface area (Å²) in [6, 6.07) is 0. The van der Waals surface area contributed by atoms with Gasteiger partial charge in [-0.3, -0.25) is 0 Å². The van der Waals surface area contributed by atoms with E-state index >= 15 is 0 Å². The Labute approximate surface area is 182 Å². The SMILES string of the molecule is CC(C)/C=C/[C@@H](C)[C@H]1CC[C@@H]2[C@]1(C)CC[C@H]1[C@@]23O[C@@H]3[C@H](O)[C@@]2(O)C[C@@H](O)CC[C@]12C. The zero-order valence-corrected chi connectivity index (χ0v) is 19.5. The highest BCUT2D eigenvalue weighted by atomic mass is 16.6. The third kappa shape index (κ3) is 2.48. The van der Waals surface area contributed by atoms with Crippen LogP contribution in [0.3, 0.4) is 0 Å². The summed E-state index contributed by atoms with van der Waals surface area (Å²) in [4.78, 5) is 0. The number of aliphatic hydroxyl groups is 3. The Morgan fingerprint density at radius 2 is 1.67 bits per heavy atom.